The van der Waals surface area contributed by atoms with Crippen LogP contribution < -0.4 is 15.0 Å². The van der Waals surface area contributed by atoms with E-state index in [9.17, 15) is 14.7 Å². The molecule has 1 saturated carbocycles. The highest BCUT2D eigenvalue weighted by atomic mass is 35.5. The summed E-state index contributed by atoms with van der Waals surface area (Å²) in [7, 11) is 3.60. The minimum atomic E-state index is -1.67. The zero-order chi connectivity index (χ0) is 29.9. The third-order valence-corrected chi connectivity index (χ3v) is 10.2. The molecular formula is C32H38ClN3O6. The second kappa shape index (κ2) is 10.5. The molecule has 9 nitrogen and oxygen atoms in total. The Morgan fingerprint density at radius 3 is 2.71 bits per heavy atom. The summed E-state index contributed by atoms with van der Waals surface area (Å²) in [5, 5.41) is 16.4. The summed E-state index contributed by atoms with van der Waals surface area (Å²) >= 11 is 6.08. The van der Waals surface area contributed by atoms with Crippen LogP contribution in [0.25, 0.3) is 0 Å². The van der Waals surface area contributed by atoms with E-state index >= 15 is 0 Å². The van der Waals surface area contributed by atoms with Crippen LogP contribution >= 0.6 is 11.6 Å². The molecule has 1 spiro atoms. The lowest BCUT2D eigenvalue weighted by molar-refractivity contribution is -0.217. The summed E-state index contributed by atoms with van der Waals surface area (Å²) in [6.07, 6.45) is 4.10. The number of ether oxygens (including phenoxy) is 3. The van der Waals surface area contributed by atoms with E-state index in [4.69, 9.17) is 25.8 Å². The van der Waals surface area contributed by atoms with Crippen LogP contribution in [0.15, 0.2) is 54.6 Å². The van der Waals surface area contributed by atoms with Crippen molar-refractivity contribution in [1.29, 1.82) is 0 Å². The van der Waals surface area contributed by atoms with Gasteiger partial charge in [-0.05, 0) is 48.7 Å². The van der Waals surface area contributed by atoms with Crippen molar-refractivity contribution in [1.82, 2.24) is 10.2 Å². The second-order valence-electron chi connectivity index (χ2n) is 12.0. The Morgan fingerprint density at radius 2 is 2.00 bits per heavy atom. The van der Waals surface area contributed by atoms with Crippen LogP contribution in [0, 0.1) is 5.41 Å². The van der Waals surface area contributed by atoms with Crippen LogP contribution in [0.3, 0.4) is 0 Å². The van der Waals surface area contributed by atoms with Crippen molar-refractivity contribution in [2.24, 2.45) is 5.41 Å². The second-order valence-corrected chi connectivity index (χ2v) is 12.4. The van der Waals surface area contributed by atoms with Gasteiger partial charge in [0.15, 0.2) is 0 Å². The maximum atomic E-state index is 13.0. The predicted molar refractivity (Wildman–Crippen MR) is 159 cm³/mol. The molecule has 3 aliphatic heterocycles. The number of halogens is 1. The fraction of sp³-hybridized carbons (Fsp3) is 0.500. The number of aliphatic hydroxyl groups is 1. The summed E-state index contributed by atoms with van der Waals surface area (Å²) in [6.45, 7) is 4.92. The summed E-state index contributed by atoms with van der Waals surface area (Å²) in [6, 6.07) is 12.7. The Bertz CT molecular complexity index is 1430. The van der Waals surface area contributed by atoms with Crippen molar-refractivity contribution in [3.05, 3.63) is 70.8 Å². The number of carbonyl (C=O) groups is 2. The summed E-state index contributed by atoms with van der Waals surface area (Å²) in [5.74, 6) is 0.240. The van der Waals surface area contributed by atoms with Crippen LogP contribution in [0.1, 0.15) is 37.8 Å². The molecule has 1 amide bonds. The number of rotatable bonds is 7. The van der Waals surface area contributed by atoms with Gasteiger partial charge in [-0.25, -0.2) is 4.79 Å². The van der Waals surface area contributed by atoms with Gasteiger partial charge in [0.25, 0.3) is 0 Å². The molecule has 0 bridgehead atoms. The molecule has 2 N–H and O–H groups in total. The number of carbonyl (C=O) groups excluding carboxylic acids is 2. The van der Waals surface area contributed by atoms with E-state index in [2.05, 4.69) is 40.3 Å². The maximum Gasteiger partial charge on any atom is 0.407 e. The number of anilines is 1. The minimum Gasteiger partial charge on any atom is -0.497 e. The van der Waals surface area contributed by atoms with Gasteiger partial charge >= 0.3 is 12.1 Å². The number of nitrogens with zero attached hydrogens (tertiary/aromatic N) is 2. The van der Waals surface area contributed by atoms with Crippen LogP contribution in [0.5, 0.6) is 5.75 Å². The predicted octanol–water partition coefficient (Wildman–Crippen LogP) is 4.05. The maximum absolute atomic E-state index is 13.0. The number of esters is 1. The Hall–Kier alpha value is -3.27. The van der Waals surface area contributed by atoms with Crippen LogP contribution in [0.4, 0.5) is 10.5 Å². The van der Waals surface area contributed by atoms with E-state index < -0.39 is 40.6 Å². The van der Waals surface area contributed by atoms with Gasteiger partial charge in [-0.3, -0.25) is 9.69 Å². The lowest BCUT2D eigenvalue weighted by Gasteiger charge is -2.64. The van der Waals surface area contributed by atoms with E-state index in [-0.39, 0.29) is 19.2 Å². The molecule has 2 aromatic carbocycles. The zero-order valence-electron chi connectivity index (χ0n) is 24.4. The Labute approximate surface area is 251 Å². The van der Waals surface area contributed by atoms with Crippen molar-refractivity contribution in [3.8, 4) is 5.75 Å². The fourth-order valence-electron chi connectivity index (χ4n) is 8.68. The van der Waals surface area contributed by atoms with Gasteiger partial charge in [0.1, 0.15) is 24.1 Å². The molecule has 6 rings (SSSR count). The molecule has 2 aromatic rings. The average molecular weight is 596 g/mol. The minimum absolute atomic E-state index is 0.0232. The number of nitrogens with one attached hydrogen (secondary N) is 1. The third kappa shape index (κ3) is 4.12. The van der Waals surface area contributed by atoms with Gasteiger partial charge in [0, 0.05) is 54.2 Å². The van der Waals surface area contributed by atoms with Crippen molar-refractivity contribution in [2.75, 3.05) is 38.7 Å². The van der Waals surface area contributed by atoms with Crippen LogP contribution in [-0.4, -0.2) is 79.6 Å². The lowest BCUT2D eigenvalue weighted by atomic mass is 9.47. The molecule has 4 aliphatic rings. The quantitative estimate of drug-likeness (QED) is 0.365. The first-order chi connectivity index (χ1) is 20.1. The molecule has 0 radical (unpaired) electrons. The van der Waals surface area contributed by atoms with Crippen molar-refractivity contribution < 1.29 is 28.9 Å². The van der Waals surface area contributed by atoms with E-state index in [1.54, 1.807) is 25.3 Å². The molecule has 0 aromatic heterocycles. The fourth-order valence-corrected chi connectivity index (χ4v) is 8.90. The Kier molecular flexibility index (Phi) is 7.19. The van der Waals surface area contributed by atoms with Gasteiger partial charge in [-0.15, -0.1) is 0 Å². The third-order valence-electron chi connectivity index (χ3n) is 9.99. The molecule has 6 atom stereocenters. The smallest absolute Gasteiger partial charge is 0.407 e. The Balaban J connectivity index is 1.43. The van der Waals surface area contributed by atoms with E-state index in [0.29, 0.717) is 11.4 Å². The number of alkyl carbamates (subject to hydrolysis) is 1. The SMILES string of the molecule is CCC12C=CCN3CC[C@@]4(c5ccc(OC)cc5N(C)[C@H]4[C@@](O)(CNC(=O)OCc4cccc(Cl)c4)[C@@H]1OC(C)=O)[C@@H]32. The lowest BCUT2D eigenvalue weighted by Crippen LogP contribution is -2.81. The highest BCUT2D eigenvalue weighted by Gasteiger charge is 2.77. The molecular weight excluding hydrogens is 558 g/mol. The van der Waals surface area contributed by atoms with Gasteiger partial charge in [-0.2, -0.15) is 0 Å². The number of hydrogen-bond donors (Lipinski definition) is 2. The summed E-state index contributed by atoms with van der Waals surface area (Å²) in [4.78, 5) is 30.3. The average Bonchev–Trinajstić information content (AvgIpc) is 3.49. The summed E-state index contributed by atoms with van der Waals surface area (Å²) in [5.41, 5.74) is -0.0101. The van der Waals surface area contributed by atoms with Crippen LogP contribution in [0.2, 0.25) is 5.02 Å². The first kappa shape index (κ1) is 28.8. The van der Waals surface area contributed by atoms with Crippen LogP contribution in [-0.2, 0) is 26.3 Å². The standard InChI is InChI=1S/C32H38ClN3O6/c1-5-30-12-7-14-36-15-13-31(26(30)36)24-11-10-23(40-4)17-25(24)35(3)27(31)32(39,28(30)42-20(2)37)19-34-29(38)41-18-21-8-6-9-22(33)16-21/h6-12,16-17,26-28,39H,5,13-15,18-19H2,1-4H3,(H,34,38)/t26-,27+,28+,30?,31+,32-/m0/s1. The first-order valence-electron chi connectivity index (χ1n) is 14.5. The molecule has 224 valence electrons. The summed E-state index contributed by atoms with van der Waals surface area (Å²) < 4.78 is 17.2. The first-order valence-corrected chi connectivity index (χ1v) is 14.9. The van der Waals surface area contributed by atoms with Gasteiger partial charge in [0.05, 0.1) is 19.7 Å². The molecule has 1 saturated heterocycles. The number of likely N-dealkylation sites (N-methyl/N-ethyl adjacent to an activating group) is 1. The normalized spacial score (nSPS) is 32.5. The molecule has 1 unspecified atom stereocenters. The molecule has 42 heavy (non-hydrogen) atoms. The number of amides is 1. The van der Waals surface area contributed by atoms with E-state index in [0.717, 1.165) is 42.1 Å². The molecule has 1 aliphatic carbocycles. The number of hydrogen-bond acceptors (Lipinski definition) is 8. The number of benzene rings is 2. The highest BCUT2D eigenvalue weighted by molar-refractivity contribution is 6.30. The topological polar surface area (TPSA) is 101 Å². The van der Waals surface area contributed by atoms with Crippen molar-refractivity contribution in [2.45, 2.75) is 62.5 Å². The van der Waals surface area contributed by atoms with E-state index in [1.165, 1.54) is 6.92 Å². The van der Waals surface area contributed by atoms with Gasteiger partial charge in [0.2, 0.25) is 0 Å². The highest BCUT2D eigenvalue weighted by Crippen LogP contribution is 2.67. The van der Waals surface area contributed by atoms with Gasteiger partial charge < -0.3 is 29.5 Å². The number of methoxy groups -OCH3 is 1. The molecule has 3 heterocycles. The largest absolute Gasteiger partial charge is 0.497 e. The zero-order valence-corrected chi connectivity index (χ0v) is 25.2. The Morgan fingerprint density at radius 1 is 1.19 bits per heavy atom. The number of fused-ring (bicyclic) bond motifs is 1. The van der Waals surface area contributed by atoms with Crippen molar-refractivity contribution >= 4 is 29.4 Å². The molecule has 2 fully saturated rings. The monoisotopic (exact) mass is 595 g/mol. The van der Waals surface area contributed by atoms with E-state index in [1.807, 2.05) is 25.2 Å². The molecule has 10 heteroatoms. The van der Waals surface area contributed by atoms with Crippen molar-refractivity contribution in [3.63, 3.8) is 0 Å². The van der Waals surface area contributed by atoms with Gasteiger partial charge in [-0.1, -0.05) is 48.9 Å².